The molecule has 0 aromatic heterocycles. The molecule has 1 fully saturated rings. The lowest BCUT2D eigenvalue weighted by atomic mass is 9.98. The molecule has 0 heterocycles. The van der Waals surface area contributed by atoms with Gasteiger partial charge < -0.3 is 9.84 Å². The molecule has 0 atom stereocenters. The summed E-state index contributed by atoms with van der Waals surface area (Å²) in [6.45, 7) is 3.89. The molecule has 0 bridgehead atoms. The van der Waals surface area contributed by atoms with Crippen molar-refractivity contribution in [3.63, 3.8) is 0 Å². The van der Waals surface area contributed by atoms with Gasteiger partial charge in [-0.25, -0.2) is 0 Å². The van der Waals surface area contributed by atoms with E-state index < -0.39 is 5.60 Å². The Kier molecular flexibility index (Phi) is 2.44. The van der Waals surface area contributed by atoms with Crippen LogP contribution in [0.15, 0.2) is 6.07 Å². The lowest BCUT2D eigenvalue weighted by Gasteiger charge is -2.18. The fourth-order valence-corrected chi connectivity index (χ4v) is 2.23. The highest BCUT2D eigenvalue weighted by molar-refractivity contribution is 6.31. The first kappa shape index (κ1) is 10.8. The van der Waals surface area contributed by atoms with Gasteiger partial charge in [-0.3, -0.25) is 0 Å². The highest BCUT2D eigenvalue weighted by Gasteiger charge is 2.44. The molecule has 0 amide bonds. The molecule has 0 aliphatic heterocycles. The van der Waals surface area contributed by atoms with Crippen molar-refractivity contribution < 1.29 is 9.84 Å². The van der Waals surface area contributed by atoms with Gasteiger partial charge in [0.25, 0.3) is 0 Å². The molecular formula is C12H15ClO2. The topological polar surface area (TPSA) is 29.5 Å². The first-order valence-corrected chi connectivity index (χ1v) is 5.44. The summed E-state index contributed by atoms with van der Waals surface area (Å²) in [4.78, 5) is 0. The number of hydrogen-bond donors (Lipinski definition) is 1. The fourth-order valence-electron chi connectivity index (χ4n) is 2.03. The molecule has 1 aromatic rings. The van der Waals surface area contributed by atoms with Crippen molar-refractivity contribution >= 4 is 11.6 Å². The molecule has 0 spiro atoms. The zero-order valence-corrected chi connectivity index (χ0v) is 9.98. The normalized spacial score (nSPS) is 17.7. The zero-order valence-electron chi connectivity index (χ0n) is 9.22. The predicted molar refractivity (Wildman–Crippen MR) is 60.6 cm³/mol. The number of rotatable bonds is 2. The van der Waals surface area contributed by atoms with Gasteiger partial charge in [-0.1, -0.05) is 11.6 Å². The maximum absolute atomic E-state index is 10.1. The largest absolute Gasteiger partial charge is 0.496 e. The summed E-state index contributed by atoms with van der Waals surface area (Å²) in [6.07, 6.45) is 1.63. The minimum absolute atomic E-state index is 0.658. The Bertz CT molecular complexity index is 409. The van der Waals surface area contributed by atoms with Crippen LogP contribution in [0.4, 0.5) is 0 Å². The van der Waals surface area contributed by atoms with E-state index in [1.54, 1.807) is 7.11 Å². The highest BCUT2D eigenvalue weighted by atomic mass is 35.5. The van der Waals surface area contributed by atoms with Crippen molar-refractivity contribution in [2.45, 2.75) is 32.3 Å². The van der Waals surface area contributed by atoms with Gasteiger partial charge in [0.05, 0.1) is 12.7 Å². The van der Waals surface area contributed by atoms with E-state index in [-0.39, 0.29) is 0 Å². The van der Waals surface area contributed by atoms with Crippen LogP contribution in [0.25, 0.3) is 0 Å². The number of benzene rings is 1. The van der Waals surface area contributed by atoms with Crippen LogP contribution < -0.4 is 4.74 Å². The van der Waals surface area contributed by atoms with Crippen LogP contribution in [0.2, 0.25) is 5.02 Å². The van der Waals surface area contributed by atoms with E-state index in [0.29, 0.717) is 5.02 Å². The van der Waals surface area contributed by atoms with E-state index in [9.17, 15) is 5.11 Å². The van der Waals surface area contributed by atoms with Gasteiger partial charge in [0.15, 0.2) is 0 Å². The smallest absolute Gasteiger partial charge is 0.126 e. The molecule has 2 rings (SSSR count). The van der Waals surface area contributed by atoms with Crippen LogP contribution in [0.1, 0.15) is 29.5 Å². The van der Waals surface area contributed by atoms with Crippen molar-refractivity contribution in [1.29, 1.82) is 0 Å². The van der Waals surface area contributed by atoms with E-state index in [0.717, 1.165) is 35.3 Å². The lowest BCUT2D eigenvalue weighted by Crippen LogP contribution is -2.08. The Labute approximate surface area is 94.8 Å². The number of halogens is 1. The summed E-state index contributed by atoms with van der Waals surface area (Å²) >= 11 is 6.11. The van der Waals surface area contributed by atoms with E-state index in [1.807, 2.05) is 19.9 Å². The zero-order chi connectivity index (χ0) is 11.2. The second-order valence-electron chi connectivity index (χ2n) is 4.22. The minimum atomic E-state index is -0.658. The lowest BCUT2D eigenvalue weighted by molar-refractivity contribution is 0.150. The van der Waals surface area contributed by atoms with Crippen LogP contribution in [0, 0.1) is 13.8 Å². The average Bonchev–Trinajstić information content (AvgIpc) is 2.92. The molecule has 0 radical (unpaired) electrons. The molecule has 1 N–H and O–H groups in total. The number of hydrogen-bond acceptors (Lipinski definition) is 2. The maximum atomic E-state index is 10.1. The van der Waals surface area contributed by atoms with E-state index in [2.05, 4.69) is 0 Å². The molecule has 1 aliphatic rings. The number of ether oxygens (including phenoxy) is 1. The second kappa shape index (κ2) is 3.39. The molecule has 1 aromatic carbocycles. The molecule has 1 aliphatic carbocycles. The van der Waals surface area contributed by atoms with Crippen LogP contribution in [0.3, 0.4) is 0 Å². The minimum Gasteiger partial charge on any atom is -0.496 e. The summed E-state index contributed by atoms with van der Waals surface area (Å²) in [7, 11) is 1.63. The van der Waals surface area contributed by atoms with Gasteiger partial charge in [0.2, 0.25) is 0 Å². The third-order valence-corrected chi connectivity index (χ3v) is 3.54. The van der Waals surface area contributed by atoms with Gasteiger partial charge in [-0.15, -0.1) is 0 Å². The highest BCUT2D eigenvalue weighted by Crippen LogP contribution is 2.49. The third kappa shape index (κ3) is 1.62. The molecule has 82 valence electrons. The number of methoxy groups -OCH3 is 1. The van der Waals surface area contributed by atoms with Crippen molar-refractivity contribution in [1.82, 2.24) is 0 Å². The van der Waals surface area contributed by atoms with Crippen molar-refractivity contribution in [3.8, 4) is 5.75 Å². The van der Waals surface area contributed by atoms with E-state index in [1.165, 1.54) is 0 Å². The Morgan fingerprint density at radius 2 is 1.93 bits per heavy atom. The average molecular weight is 227 g/mol. The second-order valence-corrected chi connectivity index (χ2v) is 4.63. The summed E-state index contributed by atoms with van der Waals surface area (Å²) in [5.41, 5.74) is 2.19. The predicted octanol–water partition coefficient (Wildman–Crippen LogP) is 2.95. The van der Waals surface area contributed by atoms with Crippen LogP contribution in [-0.4, -0.2) is 12.2 Å². The van der Waals surface area contributed by atoms with E-state index in [4.69, 9.17) is 16.3 Å². The first-order valence-electron chi connectivity index (χ1n) is 5.06. The summed E-state index contributed by atoms with van der Waals surface area (Å²) < 4.78 is 5.32. The Morgan fingerprint density at radius 3 is 2.40 bits per heavy atom. The molecule has 1 saturated carbocycles. The van der Waals surface area contributed by atoms with Crippen LogP contribution in [0.5, 0.6) is 5.75 Å². The van der Waals surface area contributed by atoms with Crippen LogP contribution >= 0.6 is 11.6 Å². The van der Waals surface area contributed by atoms with Gasteiger partial charge in [0, 0.05) is 10.6 Å². The summed E-state index contributed by atoms with van der Waals surface area (Å²) in [5, 5.41) is 10.8. The molecule has 3 heteroatoms. The van der Waals surface area contributed by atoms with Crippen molar-refractivity contribution in [3.05, 3.63) is 27.8 Å². The molecule has 0 unspecified atom stereocenters. The monoisotopic (exact) mass is 226 g/mol. The molecule has 2 nitrogen and oxygen atoms in total. The molecule has 15 heavy (non-hydrogen) atoms. The number of aliphatic hydroxyl groups is 1. The van der Waals surface area contributed by atoms with Gasteiger partial charge in [-0.05, 0) is 43.9 Å². The van der Waals surface area contributed by atoms with Crippen molar-refractivity contribution in [2.24, 2.45) is 0 Å². The Hall–Kier alpha value is -0.730. The van der Waals surface area contributed by atoms with Gasteiger partial charge >= 0.3 is 0 Å². The van der Waals surface area contributed by atoms with E-state index >= 15 is 0 Å². The molecule has 0 saturated heterocycles. The fraction of sp³-hybridized carbons (Fsp3) is 0.500. The maximum Gasteiger partial charge on any atom is 0.126 e. The van der Waals surface area contributed by atoms with Gasteiger partial charge in [0.1, 0.15) is 5.75 Å². The Balaban J connectivity index is 2.62. The third-order valence-electron chi connectivity index (χ3n) is 3.14. The molecular weight excluding hydrogens is 212 g/mol. The SMILES string of the molecule is COc1c(C)c(Cl)cc(C2(O)CC2)c1C. The summed E-state index contributed by atoms with van der Waals surface area (Å²) in [5.74, 6) is 0.790. The summed E-state index contributed by atoms with van der Waals surface area (Å²) in [6, 6.07) is 1.86. The first-order chi connectivity index (χ1) is 6.99. The van der Waals surface area contributed by atoms with Crippen LogP contribution in [-0.2, 0) is 5.60 Å². The standard InChI is InChI=1S/C12H15ClO2/c1-7-9(12(14)4-5-12)6-10(13)8(2)11(7)15-3/h6,14H,4-5H2,1-3H3. The van der Waals surface area contributed by atoms with Crippen molar-refractivity contribution in [2.75, 3.05) is 7.11 Å². The van der Waals surface area contributed by atoms with Gasteiger partial charge in [-0.2, -0.15) is 0 Å². The Morgan fingerprint density at radius 1 is 1.33 bits per heavy atom. The quantitative estimate of drug-likeness (QED) is 0.840.